The van der Waals surface area contributed by atoms with Crippen LogP contribution < -0.4 is 0 Å². The molecule has 1 aromatic heterocycles. The van der Waals surface area contributed by atoms with Gasteiger partial charge in [0.1, 0.15) is 0 Å². The summed E-state index contributed by atoms with van der Waals surface area (Å²) in [6.45, 7) is 10.4. The van der Waals surface area contributed by atoms with E-state index in [0.717, 1.165) is 25.7 Å². The third-order valence-electron chi connectivity index (χ3n) is 4.21. The van der Waals surface area contributed by atoms with Crippen molar-refractivity contribution >= 4 is 40.9 Å². The van der Waals surface area contributed by atoms with Gasteiger partial charge in [-0.1, -0.05) is 123 Å². The van der Waals surface area contributed by atoms with E-state index in [2.05, 4.69) is 92.1 Å². The van der Waals surface area contributed by atoms with E-state index in [0.29, 0.717) is 5.92 Å². The number of hydrogen-bond donors (Lipinski definition) is 0. The quantitative estimate of drug-likeness (QED) is 0.342. The molecule has 0 saturated carbocycles. The van der Waals surface area contributed by atoms with Gasteiger partial charge >= 0.3 is 0 Å². The first-order valence-corrected chi connectivity index (χ1v) is 12.3. The van der Waals surface area contributed by atoms with Crippen molar-refractivity contribution < 1.29 is 0 Å². The lowest BCUT2D eigenvalue weighted by molar-refractivity contribution is 0.733. The third kappa shape index (κ3) is 7.82. The van der Waals surface area contributed by atoms with Crippen LogP contribution in [-0.4, -0.2) is 16.0 Å². The fourth-order valence-electron chi connectivity index (χ4n) is 2.35. The molecule has 0 N–H and O–H groups in total. The van der Waals surface area contributed by atoms with Crippen LogP contribution in [0.1, 0.15) is 49.8 Å². The van der Waals surface area contributed by atoms with Gasteiger partial charge in [-0.15, -0.1) is 10.2 Å². The highest BCUT2D eigenvalue weighted by molar-refractivity contribution is 8.02. The number of benzene rings is 2. The van der Waals surface area contributed by atoms with Crippen LogP contribution >= 0.6 is 34.9 Å². The first-order chi connectivity index (χ1) is 13.7. The van der Waals surface area contributed by atoms with Crippen molar-refractivity contribution in [3.05, 3.63) is 77.9 Å². The Morgan fingerprint density at radius 2 is 1.61 bits per heavy atom. The van der Waals surface area contributed by atoms with Crippen LogP contribution in [0.15, 0.2) is 69.9 Å². The molecule has 1 atom stereocenters. The molecule has 0 saturated heterocycles. The maximum atomic E-state index is 4.18. The Hall–Kier alpha value is -1.56. The van der Waals surface area contributed by atoms with Gasteiger partial charge in [-0.3, -0.25) is 0 Å². The molecule has 0 bridgehead atoms. The molecule has 0 aliphatic heterocycles. The predicted octanol–water partition coefficient (Wildman–Crippen LogP) is 7.79. The molecule has 3 aromatic rings. The zero-order valence-corrected chi connectivity index (χ0v) is 19.2. The summed E-state index contributed by atoms with van der Waals surface area (Å²) in [6.07, 6.45) is 3.08. The minimum atomic E-state index is 0.709. The third-order valence-corrected chi connectivity index (χ3v) is 7.36. The van der Waals surface area contributed by atoms with Crippen molar-refractivity contribution in [2.24, 2.45) is 0 Å². The van der Waals surface area contributed by atoms with Crippen molar-refractivity contribution in [3.63, 3.8) is 0 Å². The largest absolute Gasteiger partial charge is 0.175 e. The second-order valence-corrected chi connectivity index (χ2v) is 9.93. The van der Waals surface area contributed by atoms with Crippen molar-refractivity contribution in [1.29, 1.82) is 0 Å². The van der Waals surface area contributed by atoms with Crippen LogP contribution in [0.5, 0.6) is 0 Å². The lowest BCUT2D eigenvalue weighted by Crippen LogP contribution is -1.88. The molecule has 2 nitrogen and oxygen atoms in total. The van der Waals surface area contributed by atoms with Crippen molar-refractivity contribution in [2.75, 3.05) is 5.75 Å². The molecule has 3 rings (SSSR count). The number of nitrogens with zero attached hydrogens (tertiary/aromatic N) is 2. The van der Waals surface area contributed by atoms with Gasteiger partial charge in [0.2, 0.25) is 0 Å². The van der Waals surface area contributed by atoms with Crippen molar-refractivity contribution in [1.82, 2.24) is 10.2 Å². The van der Waals surface area contributed by atoms with E-state index in [1.54, 1.807) is 34.9 Å². The maximum Gasteiger partial charge on any atom is 0.175 e. The summed E-state index contributed by atoms with van der Waals surface area (Å²) < 4.78 is 2.10. The van der Waals surface area contributed by atoms with Crippen LogP contribution in [-0.2, 0) is 5.75 Å². The average molecular weight is 429 g/mol. The smallest absolute Gasteiger partial charge is 0.131 e. The number of rotatable bonds is 8. The molecular formula is C23H28N2S3. The molecule has 0 radical (unpaired) electrons. The summed E-state index contributed by atoms with van der Waals surface area (Å²) in [5, 5.41) is 8.32. The Labute approximate surface area is 181 Å². The van der Waals surface area contributed by atoms with E-state index < -0.39 is 0 Å². The van der Waals surface area contributed by atoms with Crippen LogP contribution in [0.4, 0.5) is 0 Å². The molecule has 0 aliphatic carbocycles. The van der Waals surface area contributed by atoms with Crippen LogP contribution in [0.2, 0.25) is 0 Å². The minimum absolute atomic E-state index is 0.709. The Morgan fingerprint density at radius 3 is 2.18 bits per heavy atom. The fourth-order valence-corrected chi connectivity index (χ4v) is 5.22. The Balaban J connectivity index is 0.000000237. The molecule has 28 heavy (non-hydrogen) atoms. The Morgan fingerprint density at radius 1 is 0.964 bits per heavy atom. The topological polar surface area (TPSA) is 25.8 Å². The van der Waals surface area contributed by atoms with E-state index in [-0.39, 0.29) is 0 Å². The van der Waals surface area contributed by atoms with Crippen molar-refractivity contribution in [3.8, 4) is 0 Å². The molecule has 5 heteroatoms. The van der Waals surface area contributed by atoms with Gasteiger partial charge in [-0.2, -0.15) is 0 Å². The maximum absolute atomic E-state index is 4.18. The number of thioether (sulfide) groups is 2. The standard InChI is InChI=1S/C13H14N2S3.C10H14/c1-3-10-5-7-11(8-6-10)9-17-13-15-14-12(18-13)16-4-2;1-3-9(2)10-7-5-4-6-8-10/h3,5-8H,1,4,9H2,2H3;4-9H,3H2,1-2H3. The van der Waals surface area contributed by atoms with Gasteiger partial charge in [-0.05, 0) is 34.8 Å². The second-order valence-electron chi connectivity index (χ2n) is 6.22. The molecule has 0 fully saturated rings. The molecular weight excluding hydrogens is 400 g/mol. The summed E-state index contributed by atoms with van der Waals surface area (Å²) in [6, 6.07) is 19.1. The summed E-state index contributed by atoms with van der Waals surface area (Å²) in [4.78, 5) is 0. The van der Waals surface area contributed by atoms with Crippen LogP contribution in [0, 0.1) is 0 Å². The molecule has 0 spiro atoms. The zero-order chi connectivity index (χ0) is 20.2. The molecule has 1 unspecified atom stereocenters. The predicted molar refractivity (Wildman–Crippen MR) is 128 cm³/mol. The van der Waals surface area contributed by atoms with Gasteiger partial charge < -0.3 is 0 Å². The molecule has 2 aromatic carbocycles. The lowest BCUT2D eigenvalue weighted by Gasteiger charge is -2.06. The summed E-state index contributed by atoms with van der Waals surface area (Å²) in [5.41, 5.74) is 3.90. The van der Waals surface area contributed by atoms with Gasteiger partial charge in [-0.25, -0.2) is 0 Å². The van der Waals surface area contributed by atoms with Crippen LogP contribution in [0.25, 0.3) is 6.08 Å². The molecule has 0 amide bonds. The monoisotopic (exact) mass is 428 g/mol. The number of hydrogen-bond acceptors (Lipinski definition) is 5. The Kier molecular flexibility index (Phi) is 10.4. The average Bonchev–Trinajstić information content (AvgIpc) is 3.21. The molecule has 0 aliphatic rings. The second kappa shape index (κ2) is 12.8. The summed E-state index contributed by atoms with van der Waals surface area (Å²) in [7, 11) is 0. The van der Waals surface area contributed by atoms with E-state index in [1.165, 1.54) is 17.5 Å². The first-order valence-electron chi connectivity index (χ1n) is 9.51. The van der Waals surface area contributed by atoms with Gasteiger partial charge in [0.15, 0.2) is 8.68 Å². The van der Waals surface area contributed by atoms with Gasteiger partial charge in [0.25, 0.3) is 0 Å². The summed E-state index contributed by atoms with van der Waals surface area (Å²) in [5.74, 6) is 2.69. The molecule has 1 heterocycles. The van der Waals surface area contributed by atoms with Crippen LogP contribution in [0.3, 0.4) is 0 Å². The minimum Gasteiger partial charge on any atom is -0.131 e. The van der Waals surface area contributed by atoms with E-state index >= 15 is 0 Å². The number of aromatic nitrogens is 2. The highest BCUT2D eigenvalue weighted by Crippen LogP contribution is 2.30. The highest BCUT2D eigenvalue weighted by Gasteiger charge is 2.05. The SMILES string of the molecule is C=Cc1ccc(CSc2nnc(SCC)s2)cc1.CCC(C)c1ccccc1. The Bertz CT molecular complexity index is 813. The lowest BCUT2D eigenvalue weighted by atomic mass is 9.99. The normalized spacial score (nSPS) is 11.4. The fraction of sp³-hybridized carbons (Fsp3) is 0.304. The van der Waals surface area contributed by atoms with E-state index in [4.69, 9.17) is 0 Å². The summed E-state index contributed by atoms with van der Waals surface area (Å²) >= 11 is 5.15. The van der Waals surface area contributed by atoms with E-state index in [9.17, 15) is 0 Å². The highest BCUT2D eigenvalue weighted by atomic mass is 32.2. The van der Waals surface area contributed by atoms with Gasteiger partial charge in [0, 0.05) is 5.75 Å². The zero-order valence-electron chi connectivity index (χ0n) is 16.8. The van der Waals surface area contributed by atoms with E-state index in [1.807, 2.05) is 6.08 Å². The molecule has 148 valence electrons. The first kappa shape index (κ1) is 22.7. The van der Waals surface area contributed by atoms with Gasteiger partial charge in [0.05, 0.1) is 0 Å². The van der Waals surface area contributed by atoms with Crippen molar-refractivity contribution in [2.45, 2.75) is 47.5 Å².